The summed E-state index contributed by atoms with van der Waals surface area (Å²) in [6, 6.07) is 0. The second kappa shape index (κ2) is 4.85. The normalized spacial score (nSPS) is 13.0. The molecule has 3 heteroatoms. The van der Waals surface area contributed by atoms with Gasteiger partial charge in [-0.3, -0.25) is 4.99 Å². The number of allylic oxidation sites excluding steroid dienone is 1. The summed E-state index contributed by atoms with van der Waals surface area (Å²) in [5.74, 6) is 0.609. The van der Waals surface area contributed by atoms with E-state index in [0.717, 1.165) is 0 Å². The highest BCUT2D eigenvalue weighted by Crippen LogP contribution is 1.96. The first-order valence-electron chi connectivity index (χ1n) is 3.21. The lowest BCUT2D eigenvalue weighted by molar-refractivity contribution is 0.164. The minimum Gasteiger partial charge on any atom is -0.488 e. The molecule has 0 saturated carbocycles. The van der Waals surface area contributed by atoms with Crippen LogP contribution in [0.1, 0.15) is 13.8 Å². The van der Waals surface area contributed by atoms with E-state index in [2.05, 4.69) is 4.99 Å². The summed E-state index contributed by atoms with van der Waals surface area (Å²) in [6.07, 6.45) is 3.13. The van der Waals surface area contributed by atoms with Crippen LogP contribution < -0.4 is 5.73 Å². The van der Waals surface area contributed by atoms with Crippen LogP contribution in [0.3, 0.4) is 0 Å². The van der Waals surface area contributed by atoms with Gasteiger partial charge in [0.15, 0.2) is 5.76 Å². The standard InChI is InChI=1S/C7H14N2O/c1-6(2)10-7(4-8)5-9-3/h4-6H,8H2,1-3H3. The van der Waals surface area contributed by atoms with Crippen LogP contribution in [-0.4, -0.2) is 19.4 Å². The maximum Gasteiger partial charge on any atom is 0.152 e. The third-order valence-electron chi connectivity index (χ3n) is 0.792. The lowest BCUT2D eigenvalue weighted by Crippen LogP contribution is -2.04. The van der Waals surface area contributed by atoms with Gasteiger partial charge < -0.3 is 10.5 Å². The molecule has 0 radical (unpaired) electrons. The molecule has 0 rings (SSSR count). The predicted molar refractivity (Wildman–Crippen MR) is 42.9 cm³/mol. The average molecular weight is 142 g/mol. The van der Waals surface area contributed by atoms with Gasteiger partial charge >= 0.3 is 0 Å². The SMILES string of the molecule is CN=CC(=CN)OC(C)C. The molecule has 0 amide bonds. The van der Waals surface area contributed by atoms with E-state index < -0.39 is 0 Å². The maximum absolute atomic E-state index is 5.23. The molecule has 0 aromatic rings. The number of hydrogen-bond acceptors (Lipinski definition) is 3. The van der Waals surface area contributed by atoms with Crippen molar-refractivity contribution in [1.29, 1.82) is 0 Å². The minimum atomic E-state index is 0.146. The zero-order valence-corrected chi connectivity index (χ0v) is 6.66. The topological polar surface area (TPSA) is 47.6 Å². The number of ether oxygens (including phenoxy) is 1. The minimum absolute atomic E-state index is 0.146. The summed E-state index contributed by atoms with van der Waals surface area (Å²) in [7, 11) is 1.67. The molecule has 0 bridgehead atoms. The number of rotatable bonds is 3. The zero-order chi connectivity index (χ0) is 7.98. The molecule has 0 unspecified atom stereocenters. The van der Waals surface area contributed by atoms with E-state index in [9.17, 15) is 0 Å². The molecule has 0 fully saturated rings. The summed E-state index contributed by atoms with van der Waals surface area (Å²) >= 11 is 0. The van der Waals surface area contributed by atoms with Crippen molar-refractivity contribution in [1.82, 2.24) is 0 Å². The van der Waals surface area contributed by atoms with Gasteiger partial charge in [-0.1, -0.05) is 0 Å². The summed E-state index contributed by atoms with van der Waals surface area (Å²) in [5.41, 5.74) is 5.23. The summed E-state index contributed by atoms with van der Waals surface area (Å²) in [6.45, 7) is 3.88. The Kier molecular flexibility index (Phi) is 4.37. The molecule has 2 N–H and O–H groups in total. The lowest BCUT2D eigenvalue weighted by atomic mass is 10.4. The molecule has 0 saturated heterocycles. The largest absolute Gasteiger partial charge is 0.488 e. The fourth-order valence-corrected chi connectivity index (χ4v) is 0.512. The van der Waals surface area contributed by atoms with E-state index in [1.165, 1.54) is 6.20 Å². The van der Waals surface area contributed by atoms with E-state index in [1.807, 2.05) is 13.8 Å². The van der Waals surface area contributed by atoms with Crippen molar-refractivity contribution in [2.24, 2.45) is 10.7 Å². The maximum atomic E-state index is 5.23. The van der Waals surface area contributed by atoms with E-state index in [-0.39, 0.29) is 6.10 Å². The van der Waals surface area contributed by atoms with Crippen LogP contribution in [0.4, 0.5) is 0 Å². The summed E-state index contributed by atoms with van der Waals surface area (Å²) in [4.78, 5) is 3.76. The van der Waals surface area contributed by atoms with E-state index >= 15 is 0 Å². The second-order valence-electron chi connectivity index (χ2n) is 2.12. The number of aliphatic imine (C=N–C) groups is 1. The van der Waals surface area contributed by atoms with Gasteiger partial charge in [0.25, 0.3) is 0 Å². The number of nitrogens with zero attached hydrogens (tertiary/aromatic N) is 1. The zero-order valence-electron chi connectivity index (χ0n) is 6.66. The molecule has 0 heterocycles. The summed E-state index contributed by atoms with van der Waals surface area (Å²) in [5, 5.41) is 0. The first-order chi connectivity index (χ1) is 4.70. The first-order valence-corrected chi connectivity index (χ1v) is 3.21. The van der Waals surface area contributed by atoms with Crippen LogP contribution >= 0.6 is 0 Å². The Bertz CT molecular complexity index is 139. The Morgan fingerprint density at radius 3 is 2.50 bits per heavy atom. The molecule has 0 aliphatic carbocycles. The molecular formula is C7H14N2O. The summed E-state index contributed by atoms with van der Waals surface area (Å²) < 4.78 is 5.23. The van der Waals surface area contributed by atoms with Gasteiger partial charge in [0.05, 0.1) is 12.3 Å². The van der Waals surface area contributed by atoms with Crippen LogP contribution in [0.15, 0.2) is 17.0 Å². The quantitative estimate of drug-likeness (QED) is 0.470. The van der Waals surface area contributed by atoms with Gasteiger partial charge in [0.1, 0.15) is 0 Å². The Morgan fingerprint density at radius 2 is 2.20 bits per heavy atom. The van der Waals surface area contributed by atoms with Gasteiger partial charge in [-0.05, 0) is 13.8 Å². The van der Waals surface area contributed by atoms with E-state index in [1.54, 1.807) is 13.3 Å². The van der Waals surface area contributed by atoms with Crippen LogP contribution in [0, 0.1) is 0 Å². The van der Waals surface area contributed by atoms with Crippen molar-refractivity contribution in [3.05, 3.63) is 12.0 Å². The van der Waals surface area contributed by atoms with Crippen LogP contribution in [0.2, 0.25) is 0 Å². The molecule has 10 heavy (non-hydrogen) atoms. The van der Waals surface area contributed by atoms with Crippen LogP contribution in [0.5, 0.6) is 0 Å². The Hall–Kier alpha value is -0.990. The Balaban J connectivity index is 3.86. The fraction of sp³-hybridized carbons (Fsp3) is 0.571. The van der Waals surface area contributed by atoms with Crippen molar-refractivity contribution in [2.45, 2.75) is 20.0 Å². The predicted octanol–water partition coefficient (Wildman–Crippen LogP) is 0.912. The number of hydrogen-bond donors (Lipinski definition) is 1. The molecule has 3 nitrogen and oxygen atoms in total. The van der Waals surface area contributed by atoms with Gasteiger partial charge in [-0.15, -0.1) is 0 Å². The molecule has 0 spiro atoms. The van der Waals surface area contributed by atoms with Crippen molar-refractivity contribution in [3.63, 3.8) is 0 Å². The average Bonchev–Trinajstić information content (AvgIpc) is 1.86. The highest BCUT2D eigenvalue weighted by atomic mass is 16.5. The molecule has 0 atom stereocenters. The molecule has 0 aliphatic rings. The number of nitrogens with two attached hydrogens (primary N) is 1. The highest BCUT2D eigenvalue weighted by Gasteiger charge is 1.94. The third-order valence-corrected chi connectivity index (χ3v) is 0.792. The van der Waals surface area contributed by atoms with Gasteiger partial charge in [0, 0.05) is 13.2 Å². The Morgan fingerprint density at radius 1 is 1.60 bits per heavy atom. The van der Waals surface area contributed by atoms with E-state index in [0.29, 0.717) is 5.76 Å². The van der Waals surface area contributed by atoms with Crippen molar-refractivity contribution < 1.29 is 4.74 Å². The van der Waals surface area contributed by atoms with Crippen LogP contribution in [-0.2, 0) is 4.74 Å². The van der Waals surface area contributed by atoms with E-state index in [4.69, 9.17) is 10.5 Å². The monoisotopic (exact) mass is 142 g/mol. The first kappa shape index (κ1) is 9.01. The van der Waals surface area contributed by atoms with Gasteiger partial charge in [-0.25, -0.2) is 0 Å². The molecule has 0 aliphatic heterocycles. The third kappa shape index (κ3) is 3.95. The lowest BCUT2D eigenvalue weighted by Gasteiger charge is -2.08. The van der Waals surface area contributed by atoms with Crippen molar-refractivity contribution in [3.8, 4) is 0 Å². The fourth-order valence-electron chi connectivity index (χ4n) is 0.512. The molecule has 58 valence electrons. The highest BCUT2D eigenvalue weighted by molar-refractivity contribution is 5.75. The van der Waals surface area contributed by atoms with Crippen molar-refractivity contribution >= 4 is 6.21 Å². The Labute approximate surface area is 61.6 Å². The smallest absolute Gasteiger partial charge is 0.152 e. The van der Waals surface area contributed by atoms with Gasteiger partial charge in [0.2, 0.25) is 0 Å². The molecule has 0 aromatic heterocycles. The van der Waals surface area contributed by atoms with Gasteiger partial charge in [-0.2, -0.15) is 0 Å². The van der Waals surface area contributed by atoms with Crippen LogP contribution in [0.25, 0.3) is 0 Å². The molecular weight excluding hydrogens is 128 g/mol. The molecule has 0 aromatic carbocycles. The second-order valence-corrected chi connectivity index (χ2v) is 2.12. The van der Waals surface area contributed by atoms with Crippen molar-refractivity contribution in [2.75, 3.05) is 7.05 Å².